The first-order valence-corrected chi connectivity index (χ1v) is 19.7. The molecule has 2 saturated heterocycles. The Bertz CT molecular complexity index is 2400. The van der Waals surface area contributed by atoms with Gasteiger partial charge in [0.1, 0.15) is 29.3 Å². The summed E-state index contributed by atoms with van der Waals surface area (Å²) in [6, 6.07) is 12.2. The second-order valence-electron chi connectivity index (χ2n) is 17.1. The van der Waals surface area contributed by atoms with Crippen LogP contribution in [0.2, 0.25) is 0 Å². The Morgan fingerprint density at radius 2 is 1.47 bits per heavy atom. The summed E-state index contributed by atoms with van der Waals surface area (Å²) in [4.78, 5) is 70.4. The van der Waals surface area contributed by atoms with Gasteiger partial charge in [-0.1, -0.05) is 52.0 Å². The fraction of sp³-hybridized carbons (Fsp3) is 0.476. The van der Waals surface area contributed by atoms with Crippen LogP contribution in [0.5, 0.6) is 0 Å². The number of carboxylic acid groups (broad SMARTS) is 1. The van der Waals surface area contributed by atoms with Gasteiger partial charge < -0.3 is 40.2 Å². The molecule has 58 heavy (non-hydrogen) atoms. The van der Waals surface area contributed by atoms with Crippen LogP contribution >= 0.6 is 0 Å². The third kappa shape index (κ3) is 8.14. The van der Waals surface area contributed by atoms with Gasteiger partial charge in [-0.2, -0.15) is 0 Å². The first-order valence-electron chi connectivity index (χ1n) is 19.7. The Morgan fingerprint density at radius 1 is 0.845 bits per heavy atom. The average molecular weight is 801 g/mol. The van der Waals surface area contributed by atoms with Crippen molar-refractivity contribution in [2.45, 2.75) is 103 Å². The van der Waals surface area contributed by atoms with Gasteiger partial charge in [0.05, 0.1) is 40.7 Å². The van der Waals surface area contributed by atoms with Crippen LogP contribution in [0, 0.1) is 11.8 Å². The van der Waals surface area contributed by atoms with Crippen LogP contribution < -0.4 is 10.6 Å². The van der Waals surface area contributed by atoms with Crippen LogP contribution in [0.1, 0.15) is 91.5 Å². The maximum absolute atomic E-state index is 14.8. The summed E-state index contributed by atoms with van der Waals surface area (Å²) in [5.41, 5.74) is 3.79. The summed E-state index contributed by atoms with van der Waals surface area (Å²) in [7, 11) is 0. The lowest BCUT2D eigenvalue weighted by atomic mass is 10.0. The highest BCUT2D eigenvalue weighted by atomic mass is 19.3. The SMILES string of the molecule is CC(C)[C@H](NC(=O)O)C(=O)N1CC(F)(F)C[C@H]1c1nc2ccc(-c3ccc4c(ccc5nc([C@@H]6CCCN6C(=O)[C@@H](NC(=O)OC(C)(C)C)C(C)C)[nH]c54)c3)cc2[nH]1. The molecule has 0 bridgehead atoms. The number of nitrogens with zero attached hydrogens (tertiary/aromatic N) is 4. The van der Waals surface area contributed by atoms with Crippen LogP contribution in [0.25, 0.3) is 44.0 Å². The molecule has 4 amide bonds. The van der Waals surface area contributed by atoms with Crippen molar-refractivity contribution in [3.8, 4) is 11.1 Å². The van der Waals surface area contributed by atoms with Crippen molar-refractivity contribution in [2.75, 3.05) is 13.1 Å². The molecule has 16 heteroatoms. The zero-order valence-corrected chi connectivity index (χ0v) is 33.7. The third-order valence-electron chi connectivity index (χ3n) is 10.9. The second kappa shape index (κ2) is 15.2. The van der Waals surface area contributed by atoms with E-state index < -0.39 is 66.6 Å². The van der Waals surface area contributed by atoms with E-state index in [0.717, 1.165) is 50.7 Å². The Labute approximate surface area is 334 Å². The minimum atomic E-state index is -3.17. The van der Waals surface area contributed by atoms with Crippen molar-refractivity contribution in [1.29, 1.82) is 0 Å². The monoisotopic (exact) mass is 800 g/mol. The summed E-state index contributed by atoms with van der Waals surface area (Å²) in [6.45, 7) is 12.1. The summed E-state index contributed by atoms with van der Waals surface area (Å²) in [5.74, 6) is -3.83. The Hall–Kier alpha value is -5.80. The number of hydrogen-bond donors (Lipinski definition) is 5. The first-order chi connectivity index (χ1) is 27.3. The number of amides is 4. The molecular formula is C42H50F2N8O6. The molecule has 14 nitrogen and oxygen atoms in total. The van der Waals surface area contributed by atoms with E-state index in [1.54, 1.807) is 45.6 Å². The molecule has 2 fully saturated rings. The molecule has 308 valence electrons. The molecule has 0 saturated carbocycles. The lowest BCUT2D eigenvalue weighted by Crippen LogP contribution is -2.52. The zero-order valence-electron chi connectivity index (χ0n) is 33.7. The molecule has 0 unspecified atom stereocenters. The Balaban J connectivity index is 1.13. The quantitative estimate of drug-likeness (QED) is 0.101. The first kappa shape index (κ1) is 40.4. The van der Waals surface area contributed by atoms with Crippen molar-refractivity contribution in [3.05, 3.63) is 60.2 Å². The van der Waals surface area contributed by atoms with Crippen LogP contribution in [0.15, 0.2) is 48.5 Å². The van der Waals surface area contributed by atoms with Crippen molar-refractivity contribution in [1.82, 2.24) is 40.4 Å². The normalized spacial score (nSPS) is 19.4. The molecule has 4 heterocycles. The summed E-state index contributed by atoms with van der Waals surface area (Å²) in [6.07, 6.45) is -1.17. The number of alkyl carbamates (subject to hydrolysis) is 1. The van der Waals surface area contributed by atoms with Gasteiger partial charge in [-0.05, 0) is 86.2 Å². The number of aromatic nitrogens is 4. The fourth-order valence-corrected chi connectivity index (χ4v) is 8.09. The van der Waals surface area contributed by atoms with E-state index >= 15 is 0 Å². The minimum absolute atomic E-state index is 0.167. The molecule has 5 N–H and O–H groups in total. The average Bonchev–Trinajstić information content (AvgIpc) is 3.94. The number of rotatable bonds is 9. The van der Waals surface area contributed by atoms with E-state index in [4.69, 9.17) is 9.72 Å². The summed E-state index contributed by atoms with van der Waals surface area (Å²) < 4.78 is 35.1. The molecule has 4 atom stereocenters. The highest BCUT2D eigenvalue weighted by molar-refractivity contribution is 6.05. The molecule has 5 aromatic rings. The van der Waals surface area contributed by atoms with E-state index in [1.807, 2.05) is 56.3 Å². The maximum atomic E-state index is 14.8. The number of carbonyl (C=O) groups is 4. The number of benzene rings is 3. The summed E-state index contributed by atoms with van der Waals surface area (Å²) in [5, 5.41) is 16.1. The van der Waals surface area contributed by atoms with Gasteiger partial charge >= 0.3 is 12.2 Å². The van der Waals surface area contributed by atoms with Crippen LogP contribution in [-0.2, 0) is 14.3 Å². The number of fused-ring (bicyclic) bond motifs is 4. The van der Waals surface area contributed by atoms with Crippen molar-refractivity contribution in [2.24, 2.45) is 11.8 Å². The van der Waals surface area contributed by atoms with Crippen LogP contribution in [0.3, 0.4) is 0 Å². The molecular weight excluding hydrogens is 751 g/mol. The van der Waals surface area contributed by atoms with E-state index in [9.17, 15) is 33.1 Å². The van der Waals surface area contributed by atoms with E-state index in [1.165, 1.54) is 0 Å². The number of carbonyl (C=O) groups excluding carboxylic acids is 3. The lowest BCUT2D eigenvalue weighted by Gasteiger charge is -2.31. The highest BCUT2D eigenvalue weighted by Gasteiger charge is 2.50. The molecule has 2 aliphatic rings. The van der Waals surface area contributed by atoms with E-state index in [-0.39, 0.29) is 23.7 Å². The van der Waals surface area contributed by atoms with E-state index in [2.05, 4.69) is 25.6 Å². The number of alkyl halides is 2. The largest absolute Gasteiger partial charge is 0.465 e. The fourth-order valence-electron chi connectivity index (χ4n) is 8.09. The summed E-state index contributed by atoms with van der Waals surface area (Å²) >= 11 is 0. The zero-order chi connectivity index (χ0) is 41.8. The molecule has 7 rings (SSSR count). The predicted molar refractivity (Wildman–Crippen MR) is 214 cm³/mol. The number of H-pyrrole nitrogens is 2. The number of halogens is 2. The highest BCUT2D eigenvalue weighted by Crippen LogP contribution is 2.42. The maximum Gasteiger partial charge on any atom is 0.408 e. The molecule has 2 aromatic heterocycles. The predicted octanol–water partition coefficient (Wildman–Crippen LogP) is 7.67. The topological polar surface area (TPSA) is 186 Å². The van der Waals surface area contributed by atoms with Gasteiger partial charge in [0.2, 0.25) is 11.8 Å². The van der Waals surface area contributed by atoms with E-state index in [0.29, 0.717) is 23.4 Å². The van der Waals surface area contributed by atoms with Gasteiger partial charge in [-0.3, -0.25) is 9.59 Å². The number of aromatic amines is 2. The standard InChI is InChI=1S/C42H50F2N8O6/c1-21(2)32(49-39(55)56)38(54)52-20-42(43,44)19-31(52)36-45-27-14-11-24(18-29(27)47-36)23-10-13-26-25(17-23)12-15-28-34(26)48-35(46-28)30-9-8-16-51(30)37(53)33(22(3)4)50-40(57)58-41(5,6)7/h10-15,17-18,21-22,30-33,49H,8-9,16,19-20H2,1-7H3,(H,45,47)(H,46,48)(H,50,57)(H,55,56)/t30-,31-,32-,33-/m0/s1. The van der Waals surface area contributed by atoms with Crippen molar-refractivity contribution >= 4 is 56.8 Å². The molecule has 0 radical (unpaired) electrons. The molecule has 3 aromatic carbocycles. The van der Waals surface area contributed by atoms with Gasteiger partial charge in [-0.15, -0.1) is 0 Å². The smallest absolute Gasteiger partial charge is 0.408 e. The number of likely N-dealkylation sites (tertiary alicyclic amines) is 2. The van der Waals surface area contributed by atoms with Gasteiger partial charge in [0.15, 0.2) is 0 Å². The Kier molecular flexibility index (Phi) is 10.6. The van der Waals surface area contributed by atoms with Crippen LogP contribution in [0.4, 0.5) is 18.4 Å². The number of nitrogens with one attached hydrogen (secondary N) is 4. The lowest BCUT2D eigenvalue weighted by molar-refractivity contribution is -0.137. The molecule has 0 aliphatic carbocycles. The Morgan fingerprint density at radius 3 is 2.16 bits per heavy atom. The number of hydrogen-bond acceptors (Lipinski definition) is 7. The van der Waals surface area contributed by atoms with Gasteiger partial charge in [0.25, 0.3) is 5.92 Å². The van der Waals surface area contributed by atoms with Crippen molar-refractivity contribution < 1.29 is 37.8 Å². The molecule has 2 aliphatic heterocycles. The van der Waals surface area contributed by atoms with Gasteiger partial charge in [0, 0.05) is 18.4 Å². The van der Waals surface area contributed by atoms with Gasteiger partial charge in [-0.25, -0.2) is 28.3 Å². The van der Waals surface area contributed by atoms with Crippen LogP contribution in [-0.4, -0.2) is 95.5 Å². The number of imidazole rings is 2. The van der Waals surface area contributed by atoms with Crippen molar-refractivity contribution in [3.63, 3.8) is 0 Å². The number of ether oxygens (including phenoxy) is 1. The minimum Gasteiger partial charge on any atom is -0.465 e. The molecule has 0 spiro atoms. The third-order valence-corrected chi connectivity index (χ3v) is 10.9. The second-order valence-corrected chi connectivity index (χ2v) is 17.1.